The summed E-state index contributed by atoms with van der Waals surface area (Å²) in [5.74, 6) is 0.667. The lowest BCUT2D eigenvalue weighted by Gasteiger charge is -2.18. The molecular weight excluding hydrogens is 346 g/mol. The average Bonchev–Trinajstić information content (AvgIpc) is 3.21. The Balaban J connectivity index is 1.98. The third-order valence-electron chi connectivity index (χ3n) is 3.14. The van der Waals surface area contributed by atoms with E-state index in [2.05, 4.69) is 20.9 Å². The van der Waals surface area contributed by atoms with Gasteiger partial charge in [0.05, 0.1) is 6.61 Å². The summed E-state index contributed by atoms with van der Waals surface area (Å²) < 4.78 is 32.0. The number of rotatable bonds is 7. The highest BCUT2D eigenvalue weighted by Crippen LogP contribution is 2.28. The molecule has 0 radical (unpaired) electrons. The fraction of sp³-hybridized carbons (Fsp3) is 0.583. The van der Waals surface area contributed by atoms with Crippen molar-refractivity contribution >= 4 is 31.8 Å². The van der Waals surface area contributed by atoms with Crippen molar-refractivity contribution in [3.05, 3.63) is 16.7 Å². The van der Waals surface area contributed by atoms with E-state index in [-0.39, 0.29) is 10.7 Å². The number of hydrogen-bond donors (Lipinski definition) is 1. The van der Waals surface area contributed by atoms with E-state index in [0.29, 0.717) is 30.1 Å². The van der Waals surface area contributed by atoms with Gasteiger partial charge in [0.25, 0.3) is 0 Å². The van der Waals surface area contributed by atoms with Crippen LogP contribution in [0.1, 0.15) is 12.8 Å². The first-order valence-electron chi connectivity index (χ1n) is 6.36. The van der Waals surface area contributed by atoms with E-state index in [9.17, 15) is 8.42 Å². The number of anilines is 1. The summed E-state index contributed by atoms with van der Waals surface area (Å²) in [5.41, 5.74) is 5.65. The summed E-state index contributed by atoms with van der Waals surface area (Å²) in [7, 11) is -2.13. The molecule has 1 aliphatic carbocycles. The third-order valence-corrected chi connectivity index (χ3v) is 5.46. The summed E-state index contributed by atoms with van der Waals surface area (Å²) in [6.07, 6.45) is 3.90. The van der Waals surface area contributed by atoms with E-state index in [0.717, 1.165) is 0 Å². The minimum atomic E-state index is -3.64. The standard InChI is InChI=1S/C12H18BrN3O3S/c1-16(4-5-19-8-9-2-3-9)20(17,18)11-6-10(13)7-15-12(11)14/h6-7,9H,2-5,8H2,1H3,(H2,14,15). The van der Waals surface area contributed by atoms with Gasteiger partial charge in [-0.2, -0.15) is 4.31 Å². The van der Waals surface area contributed by atoms with Crippen LogP contribution in [0, 0.1) is 5.92 Å². The van der Waals surface area contributed by atoms with Crippen LogP contribution < -0.4 is 5.73 Å². The topological polar surface area (TPSA) is 85.5 Å². The Bertz CT molecular complexity index is 575. The molecule has 0 bridgehead atoms. The highest BCUT2D eigenvalue weighted by Gasteiger charge is 2.25. The SMILES string of the molecule is CN(CCOCC1CC1)S(=O)(=O)c1cc(Br)cnc1N. The van der Waals surface area contributed by atoms with Gasteiger partial charge in [0.1, 0.15) is 10.7 Å². The van der Waals surface area contributed by atoms with Gasteiger partial charge < -0.3 is 10.5 Å². The first kappa shape index (κ1) is 15.7. The van der Waals surface area contributed by atoms with E-state index in [1.165, 1.54) is 36.5 Å². The molecule has 1 aromatic heterocycles. The van der Waals surface area contributed by atoms with Crippen molar-refractivity contribution in [2.45, 2.75) is 17.7 Å². The third kappa shape index (κ3) is 3.91. The molecule has 6 nitrogen and oxygen atoms in total. The lowest BCUT2D eigenvalue weighted by molar-refractivity contribution is 0.117. The van der Waals surface area contributed by atoms with Gasteiger partial charge in [0.15, 0.2) is 0 Å². The van der Waals surface area contributed by atoms with E-state index >= 15 is 0 Å². The second kappa shape index (κ2) is 6.38. The highest BCUT2D eigenvalue weighted by molar-refractivity contribution is 9.10. The molecule has 0 aliphatic heterocycles. The zero-order chi connectivity index (χ0) is 14.8. The smallest absolute Gasteiger partial charge is 0.246 e. The molecule has 0 unspecified atom stereocenters. The summed E-state index contributed by atoms with van der Waals surface area (Å²) in [4.78, 5) is 3.86. The average molecular weight is 364 g/mol. The number of halogens is 1. The number of sulfonamides is 1. The molecule has 1 heterocycles. The number of nitrogens with zero attached hydrogens (tertiary/aromatic N) is 2. The Morgan fingerprint density at radius 3 is 2.90 bits per heavy atom. The molecule has 2 rings (SSSR count). The van der Waals surface area contributed by atoms with Crippen molar-refractivity contribution in [3.63, 3.8) is 0 Å². The first-order chi connectivity index (χ1) is 9.41. The molecule has 0 aromatic carbocycles. The number of pyridine rings is 1. The Morgan fingerprint density at radius 1 is 1.55 bits per heavy atom. The van der Waals surface area contributed by atoms with Crippen molar-refractivity contribution in [1.29, 1.82) is 0 Å². The van der Waals surface area contributed by atoms with Crippen molar-refractivity contribution in [1.82, 2.24) is 9.29 Å². The quantitative estimate of drug-likeness (QED) is 0.741. The van der Waals surface area contributed by atoms with Crippen LogP contribution in [0.4, 0.5) is 5.82 Å². The van der Waals surface area contributed by atoms with Gasteiger partial charge in [-0.3, -0.25) is 0 Å². The molecule has 0 saturated heterocycles. The maximum absolute atomic E-state index is 12.4. The van der Waals surface area contributed by atoms with Crippen molar-refractivity contribution in [3.8, 4) is 0 Å². The monoisotopic (exact) mass is 363 g/mol. The second-order valence-electron chi connectivity index (χ2n) is 4.88. The minimum absolute atomic E-state index is 0.000973. The number of nitrogens with two attached hydrogens (primary N) is 1. The number of aromatic nitrogens is 1. The summed E-state index contributed by atoms with van der Waals surface area (Å²) in [5, 5.41) is 0. The Kier molecular flexibility index (Phi) is 5.00. The molecule has 0 spiro atoms. The van der Waals surface area contributed by atoms with Crippen LogP contribution in [-0.4, -0.2) is 44.5 Å². The van der Waals surface area contributed by atoms with E-state index in [1.807, 2.05) is 0 Å². The highest BCUT2D eigenvalue weighted by atomic mass is 79.9. The van der Waals surface area contributed by atoms with Crippen LogP contribution in [0.25, 0.3) is 0 Å². The Hall–Kier alpha value is -0.700. The predicted molar refractivity (Wildman–Crippen MR) is 79.7 cm³/mol. The molecule has 1 fully saturated rings. The zero-order valence-corrected chi connectivity index (χ0v) is 13.7. The Labute approximate surface area is 127 Å². The van der Waals surface area contributed by atoms with E-state index in [1.54, 1.807) is 0 Å². The van der Waals surface area contributed by atoms with Gasteiger partial charge in [-0.25, -0.2) is 13.4 Å². The molecule has 8 heteroatoms. The molecular formula is C12H18BrN3O3S. The van der Waals surface area contributed by atoms with Crippen molar-refractivity contribution < 1.29 is 13.2 Å². The largest absolute Gasteiger partial charge is 0.383 e. The summed E-state index contributed by atoms with van der Waals surface area (Å²) in [6, 6.07) is 1.46. The fourth-order valence-corrected chi connectivity index (χ4v) is 3.38. The van der Waals surface area contributed by atoms with Gasteiger partial charge in [0.2, 0.25) is 10.0 Å². The fourth-order valence-electron chi connectivity index (χ4n) is 1.65. The second-order valence-corrected chi connectivity index (χ2v) is 7.81. The van der Waals surface area contributed by atoms with Crippen LogP contribution in [0.15, 0.2) is 21.6 Å². The number of nitrogen functional groups attached to an aromatic ring is 1. The number of ether oxygens (including phenoxy) is 1. The van der Waals surface area contributed by atoms with Gasteiger partial charge in [-0.15, -0.1) is 0 Å². The number of hydrogen-bond acceptors (Lipinski definition) is 5. The lowest BCUT2D eigenvalue weighted by atomic mass is 10.5. The molecule has 2 N–H and O–H groups in total. The number of likely N-dealkylation sites (N-methyl/N-ethyl adjacent to an activating group) is 1. The van der Waals surface area contributed by atoms with Gasteiger partial charge in [0, 0.05) is 30.9 Å². The molecule has 0 atom stereocenters. The molecule has 1 aliphatic rings. The molecule has 1 saturated carbocycles. The van der Waals surface area contributed by atoms with Crippen LogP contribution in [0.3, 0.4) is 0 Å². The maximum atomic E-state index is 12.4. The van der Waals surface area contributed by atoms with Crippen molar-refractivity contribution in [2.24, 2.45) is 5.92 Å². The summed E-state index contributed by atoms with van der Waals surface area (Å²) >= 11 is 3.20. The van der Waals surface area contributed by atoms with Crippen LogP contribution in [-0.2, 0) is 14.8 Å². The first-order valence-corrected chi connectivity index (χ1v) is 8.59. The Morgan fingerprint density at radius 2 is 2.25 bits per heavy atom. The normalized spacial score (nSPS) is 15.8. The lowest BCUT2D eigenvalue weighted by Crippen LogP contribution is -2.31. The van der Waals surface area contributed by atoms with Crippen LogP contribution in [0.2, 0.25) is 0 Å². The molecule has 0 amide bonds. The van der Waals surface area contributed by atoms with E-state index < -0.39 is 10.0 Å². The predicted octanol–water partition coefficient (Wildman–Crippen LogP) is 1.47. The zero-order valence-electron chi connectivity index (χ0n) is 11.3. The summed E-state index contributed by atoms with van der Waals surface area (Å²) in [6.45, 7) is 1.39. The van der Waals surface area contributed by atoms with Gasteiger partial charge in [-0.1, -0.05) is 0 Å². The van der Waals surface area contributed by atoms with Crippen LogP contribution >= 0.6 is 15.9 Å². The maximum Gasteiger partial charge on any atom is 0.246 e. The molecule has 1 aromatic rings. The molecule has 112 valence electrons. The molecule has 20 heavy (non-hydrogen) atoms. The van der Waals surface area contributed by atoms with Gasteiger partial charge >= 0.3 is 0 Å². The van der Waals surface area contributed by atoms with Crippen LogP contribution in [0.5, 0.6) is 0 Å². The van der Waals surface area contributed by atoms with Gasteiger partial charge in [-0.05, 0) is 40.8 Å². The van der Waals surface area contributed by atoms with Crippen molar-refractivity contribution in [2.75, 3.05) is 32.5 Å². The van der Waals surface area contributed by atoms with E-state index in [4.69, 9.17) is 10.5 Å². The minimum Gasteiger partial charge on any atom is -0.383 e.